The van der Waals surface area contributed by atoms with E-state index in [9.17, 15) is 4.79 Å². The van der Waals surface area contributed by atoms with Crippen LogP contribution in [0.25, 0.3) is 0 Å². The number of aromatic nitrogens is 4. The largest absolute Gasteiger partial charge is 0.347 e. The van der Waals surface area contributed by atoms with Crippen molar-refractivity contribution < 1.29 is 4.79 Å². The summed E-state index contributed by atoms with van der Waals surface area (Å²) >= 11 is 0. The topological polar surface area (TPSA) is 64.7 Å². The van der Waals surface area contributed by atoms with Crippen molar-refractivity contribution in [1.82, 2.24) is 24.6 Å². The van der Waals surface area contributed by atoms with Crippen LogP contribution >= 0.6 is 0 Å². The monoisotopic (exact) mass is 317 g/mol. The second-order valence-electron chi connectivity index (χ2n) is 7.04. The van der Waals surface area contributed by atoms with Gasteiger partial charge in [0.15, 0.2) is 0 Å². The predicted octanol–water partition coefficient (Wildman–Crippen LogP) is 2.64. The van der Waals surface area contributed by atoms with Crippen LogP contribution in [0.3, 0.4) is 0 Å². The minimum atomic E-state index is -0.0649. The Hall–Kier alpha value is -2.11. The zero-order chi connectivity index (χ0) is 17.0. The highest BCUT2D eigenvalue weighted by atomic mass is 16.1. The summed E-state index contributed by atoms with van der Waals surface area (Å²) in [4.78, 5) is 16.7. The highest BCUT2D eigenvalue weighted by Gasteiger charge is 2.28. The Balaban J connectivity index is 2.14. The van der Waals surface area contributed by atoms with E-state index >= 15 is 0 Å². The van der Waals surface area contributed by atoms with Crippen LogP contribution in [0.5, 0.6) is 0 Å². The molecule has 0 bridgehead atoms. The molecule has 0 saturated heterocycles. The van der Waals surface area contributed by atoms with Gasteiger partial charge in [-0.15, -0.1) is 0 Å². The number of aryl methyl sites for hydroxylation is 2. The Morgan fingerprint density at radius 2 is 2.13 bits per heavy atom. The average molecular weight is 317 g/mol. The maximum atomic E-state index is 12.7. The normalized spacial score (nSPS) is 13.1. The molecule has 0 aromatic carbocycles. The number of carbonyl (C=O) groups excluding carboxylic acids is 1. The standard InChI is InChI=1S/C17H27N5O/c1-6-8-22-10-14(13(2)20-22)16(23)19-15(17(3,4)5)11-21-9-7-18-12-21/h7,9-10,12,15H,6,8,11H2,1-5H3,(H,19,23)/t15-/m1/s1. The summed E-state index contributed by atoms with van der Waals surface area (Å²) in [5.74, 6) is -0.0649. The van der Waals surface area contributed by atoms with Crippen molar-refractivity contribution in [3.8, 4) is 0 Å². The van der Waals surface area contributed by atoms with Crippen molar-refractivity contribution in [3.63, 3.8) is 0 Å². The fourth-order valence-electron chi connectivity index (χ4n) is 2.46. The van der Waals surface area contributed by atoms with Gasteiger partial charge in [0.1, 0.15) is 0 Å². The number of rotatable bonds is 6. The van der Waals surface area contributed by atoms with E-state index in [0.29, 0.717) is 12.1 Å². The molecule has 1 amide bonds. The second kappa shape index (κ2) is 6.98. The molecule has 0 unspecified atom stereocenters. The van der Waals surface area contributed by atoms with E-state index in [1.54, 1.807) is 12.5 Å². The second-order valence-corrected chi connectivity index (χ2v) is 7.04. The lowest BCUT2D eigenvalue weighted by Gasteiger charge is -2.31. The Morgan fingerprint density at radius 3 is 2.70 bits per heavy atom. The molecule has 2 heterocycles. The summed E-state index contributed by atoms with van der Waals surface area (Å²) in [5, 5.41) is 7.57. The molecule has 2 aromatic rings. The molecule has 6 heteroatoms. The third-order valence-corrected chi connectivity index (χ3v) is 3.95. The van der Waals surface area contributed by atoms with E-state index in [4.69, 9.17) is 0 Å². The Kier molecular flexibility index (Phi) is 5.23. The van der Waals surface area contributed by atoms with E-state index in [1.807, 2.05) is 28.6 Å². The SMILES string of the molecule is CCCn1cc(C(=O)N[C@H](Cn2ccnc2)C(C)(C)C)c(C)n1. The van der Waals surface area contributed by atoms with Gasteiger partial charge in [-0.2, -0.15) is 5.10 Å². The maximum Gasteiger partial charge on any atom is 0.255 e. The van der Waals surface area contributed by atoms with Crippen molar-refractivity contribution in [2.45, 2.75) is 60.2 Å². The number of hydrogen-bond donors (Lipinski definition) is 1. The molecule has 23 heavy (non-hydrogen) atoms. The number of carbonyl (C=O) groups is 1. The number of nitrogens with one attached hydrogen (secondary N) is 1. The smallest absolute Gasteiger partial charge is 0.255 e. The zero-order valence-corrected chi connectivity index (χ0v) is 14.7. The molecule has 126 valence electrons. The fourth-order valence-corrected chi connectivity index (χ4v) is 2.46. The highest BCUT2D eigenvalue weighted by molar-refractivity contribution is 5.95. The Morgan fingerprint density at radius 1 is 1.39 bits per heavy atom. The van der Waals surface area contributed by atoms with Crippen molar-refractivity contribution in [2.75, 3.05) is 0 Å². The molecule has 0 saturated carbocycles. The molecule has 6 nitrogen and oxygen atoms in total. The molecule has 0 aliphatic heterocycles. The van der Waals surface area contributed by atoms with Crippen LogP contribution < -0.4 is 5.32 Å². The van der Waals surface area contributed by atoms with E-state index < -0.39 is 0 Å². The van der Waals surface area contributed by atoms with E-state index in [1.165, 1.54) is 0 Å². The molecule has 0 radical (unpaired) electrons. The first kappa shape index (κ1) is 17.2. The van der Waals surface area contributed by atoms with Gasteiger partial charge in [-0.25, -0.2) is 4.98 Å². The van der Waals surface area contributed by atoms with Crippen LogP contribution in [0.4, 0.5) is 0 Å². The van der Waals surface area contributed by atoms with E-state index in [-0.39, 0.29) is 17.4 Å². The van der Waals surface area contributed by atoms with Crippen LogP contribution in [0.2, 0.25) is 0 Å². The predicted molar refractivity (Wildman–Crippen MR) is 90.2 cm³/mol. The molecule has 2 aromatic heterocycles. The summed E-state index contributed by atoms with van der Waals surface area (Å²) in [6.07, 6.45) is 8.27. The lowest BCUT2D eigenvalue weighted by molar-refractivity contribution is 0.0892. The van der Waals surface area contributed by atoms with Crippen molar-refractivity contribution in [1.29, 1.82) is 0 Å². The van der Waals surface area contributed by atoms with Crippen molar-refractivity contribution in [2.24, 2.45) is 5.41 Å². The lowest BCUT2D eigenvalue weighted by Crippen LogP contribution is -2.46. The van der Waals surface area contributed by atoms with Crippen molar-refractivity contribution >= 4 is 5.91 Å². The summed E-state index contributed by atoms with van der Waals surface area (Å²) in [6.45, 7) is 11.9. The molecule has 0 aliphatic rings. The molecule has 1 atom stereocenters. The van der Waals surface area contributed by atoms with Gasteiger partial charge in [-0.05, 0) is 18.8 Å². The summed E-state index contributed by atoms with van der Waals surface area (Å²) in [6, 6.07) is -0.00174. The molecular weight excluding hydrogens is 290 g/mol. The quantitative estimate of drug-likeness (QED) is 0.891. The first-order valence-electron chi connectivity index (χ1n) is 8.12. The van der Waals surface area contributed by atoms with E-state index in [0.717, 1.165) is 18.7 Å². The highest BCUT2D eigenvalue weighted by Crippen LogP contribution is 2.21. The van der Waals surface area contributed by atoms with Crippen LogP contribution in [-0.2, 0) is 13.1 Å². The molecule has 0 aliphatic carbocycles. The Labute approximate surface area is 137 Å². The van der Waals surface area contributed by atoms with Crippen LogP contribution in [0.15, 0.2) is 24.9 Å². The van der Waals surface area contributed by atoms with Gasteiger partial charge in [0.05, 0.1) is 23.6 Å². The van der Waals surface area contributed by atoms with Gasteiger partial charge in [0, 0.05) is 31.7 Å². The molecule has 2 rings (SSSR count). The van der Waals surface area contributed by atoms with Gasteiger partial charge in [-0.3, -0.25) is 9.48 Å². The average Bonchev–Trinajstić information content (AvgIpc) is 3.07. The van der Waals surface area contributed by atoms with Crippen LogP contribution in [-0.4, -0.2) is 31.3 Å². The number of imidazole rings is 1. The Bertz CT molecular complexity index is 636. The van der Waals surface area contributed by atoms with Gasteiger partial charge in [0.25, 0.3) is 5.91 Å². The first-order valence-corrected chi connectivity index (χ1v) is 8.12. The number of amides is 1. The molecular formula is C17H27N5O. The lowest BCUT2D eigenvalue weighted by atomic mass is 9.86. The minimum absolute atomic E-state index is 0.00174. The van der Waals surface area contributed by atoms with Gasteiger partial charge in [-0.1, -0.05) is 27.7 Å². The summed E-state index contributed by atoms with van der Waals surface area (Å²) in [5.41, 5.74) is 1.36. The molecule has 0 fully saturated rings. The number of nitrogens with zero attached hydrogens (tertiary/aromatic N) is 4. The minimum Gasteiger partial charge on any atom is -0.347 e. The third-order valence-electron chi connectivity index (χ3n) is 3.95. The zero-order valence-electron chi connectivity index (χ0n) is 14.7. The summed E-state index contributed by atoms with van der Waals surface area (Å²) < 4.78 is 3.83. The first-order chi connectivity index (χ1) is 10.8. The van der Waals surface area contributed by atoms with Crippen LogP contribution in [0.1, 0.15) is 50.2 Å². The summed E-state index contributed by atoms with van der Waals surface area (Å²) in [7, 11) is 0. The molecule has 1 N–H and O–H groups in total. The maximum absolute atomic E-state index is 12.7. The molecule has 0 spiro atoms. The van der Waals surface area contributed by atoms with Crippen LogP contribution in [0, 0.1) is 12.3 Å². The van der Waals surface area contributed by atoms with Crippen molar-refractivity contribution in [3.05, 3.63) is 36.2 Å². The fraction of sp³-hybridized carbons (Fsp3) is 0.588. The third kappa shape index (κ3) is 4.43. The van der Waals surface area contributed by atoms with Gasteiger partial charge < -0.3 is 9.88 Å². The van der Waals surface area contributed by atoms with Gasteiger partial charge in [0.2, 0.25) is 0 Å². The number of hydrogen-bond acceptors (Lipinski definition) is 3. The van der Waals surface area contributed by atoms with Gasteiger partial charge >= 0.3 is 0 Å². The van der Waals surface area contributed by atoms with E-state index in [2.05, 4.69) is 43.1 Å².